The van der Waals surface area contributed by atoms with Gasteiger partial charge in [0.15, 0.2) is 5.65 Å². The number of nitrogens with two attached hydrogens (primary N) is 1. The molecule has 0 aromatic carbocycles. The zero-order chi connectivity index (χ0) is 12.9. The molecular weight excluding hydrogens is 245 g/mol. The van der Waals surface area contributed by atoms with Crippen LogP contribution in [0.4, 0.5) is 19.1 Å². The summed E-state index contributed by atoms with van der Waals surface area (Å²) in [4.78, 5) is 8.16. The maximum Gasteiger partial charge on any atom is 0.406 e. The van der Waals surface area contributed by atoms with E-state index in [9.17, 15) is 13.2 Å². The Balaban J connectivity index is 2.10. The van der Waals surface area contributed by atoms with E-state index in [2.05, 4.69) is 9.97 Å². The summed E-state index contributed by atoms with van der Waals surface area (Å²) in [5.74, 6) is 0.229. The number of hydrogen-bond acceptors (Lipinski definition) is 3. The van der Waals surface area contributed by atoms with Crippen LogP contribution in [0.1, 0.15) is 24.5 Å². The first-order valence-electron chi connectivity index (χ1n) is 5.63. The highest BCUT2D eigenvalue weighted by molar-refractivity contribution is 5.74. The standard InChI is InChI=1S/C11H11F3N4/c12-11(13,14)5-18-9-8(17-10(18)15)4-3-7(16-9)6-1-2-6/h3-4,6H,1-2,5H2,(H2,15,17). The molecule has 18 heavy (non-hydrogen) atoms. The van der Waals surface area contributed by atoms with Gasteiger partial charge in [-0.05, 0) is 25.0 Å². The summed E-state index contributed by atoms with van der Waals surface area (Å²) in [5, 5.41) is 0. The van der Waals surface area contributed by atoms with Crippen LogP contribution in [0.25, 0.3) is 11.2 Å². The number of nitrogens with zero attached hydrogens (tertiary/aromatic N) is 3. The van der Waals surface area contributed by atoms with Crippen LogP contribution in [-0.2, 0) is 6.54 Å². The Morgan fingerprint density at radius 3 is 2.61 bits per heavy atom. The van der Waals surface area contributed by atoms with E-state index >= 15 is 0 Å². The van der Waals surface area contributed by atoms with E-state index in [1.807, 2.05) is 6.07 Å². The molecule has 0 amide bonds. The molecule has 0 saturated heterocycles. The van der Waals surface area contributed by atoms with E-state index in [-0.39, 0.29) is 11.6 Å². The summed E-state index contributed by atoms with van der Waals surface area (Å²) in [6.45, 7) is -1.16. The van der Waals surface area contributed by atoms with Gasteiger partial charge in [0, 0.05) is 11.6 Å². The minimum atomic E-state index is -4.33. The van der Waals surface area contributed by atoms with Crippen molar-refractivity contribution in [1.82, 2.24) is 14.5 Å². The zero-order valence-electron chi connectivity index (χ0n) is 9.41. The highest BCUT2D eigenvalue weighted by atomic mass is 19.4. The second-order valence-corrected chi connectivity index (χ2v) is 4.52. The van der Waals surface area contributed by atoms with Gasteiger partial charge in [0.2, 0.25) is 5.95 Å². The van der Waals surface area contributed by atoms with E-state index < -0.39 is 12.7 Å². The predicted octanol–water partition coefficient (Wildman–Crippen LogP) is 2.45. The molecule has 3 rings (SSSR count). The lowest BCUT2D eigenvalue weighted by Crippen LogP contribution is -2.19. The molecule has 2 heterocycles. The molecule has 0 atom stereocenters. The lowest BCUT2D eigenvalue weighted by atomic mass is 10.2. The maximum absolute atomic E-state index is 12.5. The largest absolute Gasteiger partial charge is 0.406 e. The normalized spacial score (nSPS) is 16.4. The number of aromatic nitrogens is 3. The molecule has 1 aliphatic carbocycles. The minimum Gasteiger partial charge on any atom is -0.369 e. The van der Waals surface area contributed by atoms with Gasteiger partial charge in [-0.2, -0.15) is 13.2 Å². The highest BCUT2D eigenvalue weighted by Gasteiger charge is 2.31. The Bertz CT molecular complexity index is 598. The third kappa shape index (κ3) is 2.00. The van der Waals surface area contributed by atoms with Crippen molar-refractivity contribution in [3.8, 4) is 0 Å². The molecule has 1 fully saturated rings. The number of imidazole rings is 1. The van der Waals surface area contributed by atoms with Crippen LogP contribution in [0.15, 0.2) is 12.1 Å². The quantitative estimate of drug-likeness (QED) is 0.897. The van der Waals surface area contributed by atoms with Crippen molar-refractivity contribution in [2.75, 3.05) is 5.73 Å². The smallest absolute Gasteiger partial charge is 0.369 e. The van der Waals surface area contributed by atoms with Crippen molar-refractivity contribution in [2.24, 2.45) is 0 Å². The van der Waals surface area contributed by atoms with Gasteiger partial charge in [-0.25, -0.2) is 9.97 Å². The number of nitrogen functional groups attached to an aromatic ring is 1. The van der Waals surface area contributed by atoms with E-state index in [4.69, 9.17) is 5.73 Å². The molecule has 2 N–H and O–H groups in total. The number of rotatable bonds is 2. The summed E-state index contributed by atoms with van der Waals surface area (Å²) in [6, 6.07) is 3.49. The second kappa shape index (κ2) is 3.60. The Hall–Kier alpha value is -1.79. The van der Waals surface area contributed by atoms with E-state index in [1.54, 1.807) is 6.07 Å². The topological polar surface area (TPSA) is 56.7 Å². The molecular formula is C11H11F3N4. The Morgan fingerprint density at radius 2 is 2.00 bits per heavy atom. The zero-order valence-corrected chi connectivity index (χ0v) is 9.41. The first-order valence-corrected chi connectivity index (χ1v) is 5.63. The van der Waals surface area contributed by atoms with Crippen LogP contribution >= 0.6 is 0 Å². The Morgan fingerprint density at radius 1 is 1.28 bits per heavy atom. The Labute approximate surface area is 101 Å². The number of halogens is 3. The summed E-state index contributed by atoms with van der Waals surface area (Å²) < 4.78 is 38.3. The monoisotopic (exact) mass is 256 g/mol. The average Bonchev–Trinajstić information content (AvgIpc) is 3.05. The molecule has 0 radical (unpaired) electrons. The van der Waals surface area contributed by atoms with Gasteiger partial charge in [0.05, 0.1) is 0 Å². The first kappa shape index (κ1) is 11.3. The first-order chi connectivity index (χ1) is 8.44. The molecule has 2 aromatic heterocycles. The molecule has 0 spiro atoms. The van der Waals surface area contributed by atoms with Crippen molar-refractivity contribution >= 4 is 17.1 Å². The third-order valence-electron chi connectivity index (χ3n) is 2.98. The van der Waals surface area contributed by atoms with Crippen molar-refractivity contribution in [3.05, 3.63) is 17.8 Å². The van der Waals surface area contributed by atoms with Crippen molar-refractivity contribution < 1.29 is 13.2 Å². The number of alkyl halides is 3. The Kier molecular flexibility index (Phi) is 2.26. The second-order valence-electron chi connectivity index (χ2n) is 4.52. The lowest BCUT2D eigenvalue weighted by molar-refractivity contribution is -0.139. The van der Waals surface area contributed by atoms with Gasteiger partial charge >= 0.3 is 6.18 Å². The highest BCUT2D eigenvalue weighted by Crippen LogP contribution is 2.39. The van der Waals surface area contributed by atoms with Gasteiger partial charge < -0.3 is 5.73 Å². The fourth-order valence-corrected chi connectivity index (χ4v) is 1.98. The van der Waals surface area contributed by atoms with Crippen LogP contribution in [-0.4, -0.2) is 20.7 Å². The van der Waals surface area contributed by atoms with Crippen LogP contribution in [0.3, 0.4) is 0 Å². The van der Waals surface area contributed by atoms with Crippen molar-refractivity contribution in [1.29, 1.82) is 0 Å². The van der Waals surface area contributed by atoms with Gasteiger partial charge in [-0.1, -0.05) is 0 Å². The summed E-state index contributed by atoms with van der Waals surface area (Å²) in [7, 11) is 0. The summed E-state index contributed by atoms with van der Waals surface area (Å²) in [6.07, 6.45) is -2.25. The molecule has 0 bridgehead atoms. The van der Waals surface area contributed by atoms with Crippen LogP contribution in [0, 0.1) is 0 Å². The van der Waals surface area contributed by atoms with Crippen LogP contribution in [0.5, 0.6) is 0 Å². The third-order valence-corrected chi connectivity index (χ3v) is 2.98. The summed E-state index contributed by atoms with van der Waals surface area (Å²) in [5.41, 5.74) is 6.96. The fourth-order valence-electron chi connectivity index (χ4n) is 1.98. The maximum atomic E-state index is 12.5. The molecule has 96 valence electrons. The minimum absolute atomic E-state index is 0.150. The van der Waals surface area contributed by atoms with Crippen molar-refractivity contribution in [3.63, 3.8) is 0 Å². The van der Waals surface area contributed by atoms with Crippen LogP contribution in [0.2, 0.25) is 0 Å². The molecule has 0 aliphatic heterocycles. The van der Waals surface area contributed by atoms with Crippen LogP contribution < -0.4 is 5.73 Å². The fraction of sp³-hybridized carbons (Fsp3) is 0.455. The molecule has 7 heteroatoms. The lowest BCUT2D eigenvalue weighted by Gasteiger charge is -2.09. The SMILES string of the molecule is Nc1nc2ccc(C3CC3)nc2n1CC(F)(F)F. The van der Waals surface area contributed by atoms with Gasteiger partial charge in [0.25, 0.3) is 0 Å². The van der Waals surface area contributed by atoms with Gasteiger partial charge in [-0.3, -0.25) is 4.57 Å². The number of pyridine rings is 1. The van der Waals surface area contributed by atoms with E-state index in [1.165, 1.54) is 0 Å². The van der Waals surface area contributed by atoms with Gasteiger partial charge in [-0.15, -0.1) is 0 Å². The number of fused-ring (bicyclic) bond motifs is 1. The van der Waals surface area contributed by atoms with Crippen molar-refractivity contribution in [2.45, 2.75) is 31.5 Å². The molecule has 0 unspecified atom stereocenters. The number of anilines is 1. The molecule has 4 nitrogen and oxygen atoms in total. The number of hydrogen-bond donors (Lipinski definition) is 1. The molecule has 1 aliphatic rings. The summed E-state index contributed by atoms with van der Waals surface area (Å²) >= 11 is 0. The predicted molar refractivity (Wildman–Crippen MR) is 60.0 cm³/mol. The van der Waals surface area contributed by atoms with Gasteiger partial charge in [0.1, 0.15) is 12.1 Å². The average molecular weight is 256 g/mol. The molecule has 1 saturated carbocycles. The molecule has 2 aromatic rings. The van der Waals surface area contributed by atoms with E-state index in [0.717, 1.165) is 23.1 Å². The van der Waals surface area contributed by atoms with E-state index in [0.29, 0.717) is 11.4 Å².